The Hall–Kier alpha value is -1.94. The molecule has 116 valence electrons. The highest BCUT2D eigenvalue weighted by molar-refractivity contribution is 5.27. The van der Waals surface area contributed by atoms with E-state index in [1.807, 2.05) is 18.3 Å². The Morgan fingerprint density at radius 1 is 1.23 bits per heavy atom. The van der Waals surface area contributed by atoms with Crippen LogP contribution < -0.4 is 4.74 Å². The van der Waals surface area contributed by atoms with Crippen LogP contribution in [0.2, 0.25) is 0 Å². The maximum Gasteiger partial charge on any atom is 0.128 e. The molecule has 1 aromatic heterocycles. The summed E-state index contributed by atoms with van der Waals surface area (Å²) in [6.07, 6.45) is 5.12. The molecule has 0 saturated heterocycles. The molecule has 1 aliphatic rings. The summed E-state index contributed by atoms with van der Waals surface area (Å²) in [4.78, 5) is 11.7. The Labute approximate surface area is 132 Å². The molecular weight excluding hydrogens is 274 g/mol. The summed E-state index contributed by atoms with van der Waals surface area (Å²) in [5.74, 6) is 1.89. The van der Waals surface area contributed by atoms with E-state index >= 15 is 0 Å². The van der Waals surface area contributed by atoms with Crippen LogP contribution in [0.4, 0.5) is 0 Å². The molecule has 0 spiro atoms. The van der Waals surface area contributed by atoms with Crippen molar-refractivity contribution in [3.8, 4) is 5.75 Å². The average molecular weight is 297 g/mol. The van der Waals surface area contributed by atoms with Crippen molar-refractivity contribution in [2.24, 2.45) is 0 Å². The van der Waals surface area contributed by atoms with Gasteiger partial charge in [0.1, 0.15) is 11.6 Å². The van der Waals surface area contributed by atoms with Crippen molar-refractivity contribution in [3.05, 3.63) is 53.1 Å². The molecular formula is C18H23N3O. The second-order valence-electron chi connectivity index (χ2n) is 5.82. The number of fused-ring (bicyclic) bond motifs is 1. The summed E-state index contributed by atoms with van der Waals surface area (Å²) in [7, 11) is 1.70. The van der Waals surface area contributed by atoms with Crippen LogP contribution in [-0.2, 0) is 25.9 Å². The summed E-state index contributed by atoms with van der Waals surface area (Å²) in [6, 6.07) is 8.32. The number of hydrogen-bond acceptors (Lipinski definition) is 4. The van der Waals surface area contributed by atoms with Crippen LogP contribution in [0.25, 0.3) is 0 Å². The highest BCUT2D eigenvalue weighted by Gasteiger charge is 2.18. The predicted molar refractivity (Wildman–Crippen MR) is 86.8 cm³/mol. The van der Waals surface area contributed by atoms with Crippen molar-refractivity contribution in [1.82, 2.24) is 14.9 Å². The number of hydrogen-bond donors (Lipinski definition) is 0. The average Bonchev–Trinajstić information content (AvgIpc) is 2.55. The minimum Gasteiger partial charge on any atom is -0.497 e. The molecule has 0 fully saturated rings. The van der Waals surface area contributed by atoms with Gasteiger partial charge in [-0.15, -0.1) is 0 Å². The lowest BCUT2D eigenvalue weighted by Crippen LogP contribution is -2.31. The van der Waals surface area contributed by atoms with Gasteiger partial charge < -0.3 is 4.74 Å². The Kier molecular flexibility index (Phi) is 4.68. The molecule has 0 radical (unpaired) electrons. The van der Waals surface area contributed by atoms with E-state index < -0.39 is 0 Å². The third-order valence-electron chi connectivity index (χ3n) is 4.11. The highest BCUT2D eigenvalue weighted by atomic mass is 16.5. The van der Waals surface area contributed by atoms with Crippen molar-refractivity contribution < 1.29 is 4.74 Å². The molecule has 0 bridgehead atoms. The molecule has 0 saturated carbocycles. The molecule has 0 N–H and O–H groups in total. The number of aromatic nitrogens is 2. The molecule has 0 unspecified atom stereocenters. The van der Waals surface area contributed by atoms with E-state index in [0.717, 1.165) is 50.5 Å². The lowest BCUT2D eigenvalue weighted by molar-refractivity contribution is 0.240. The maximum atomic E-state index is 5.21. The summed E-state index contributed by atoms with van der Waals surface area (Å²) in [5, 5.41) is 0. The topological polar surface area (TPSA) is 38.2 Å². The lowest BCUT2D eigenvalue weighted by atomic mass is 10.1. The number of methoxy groups -OCH3 is 1. The Morgan fingerprint density at radius 3 is 2.77 bits per heavy atom. The fraction of sp³-hybridized carbons (Fsp3) is 0.444. The zero-order valence-corrected chi connectivity index (χ0v) is 13.4. The van der Waals surface area contributed by atoms with Crippen LogP contribution in [-0.4, -0.2) is 28.5 Å². The van der Waals surface area contributed by atoms with Gasteiger partial charge in [0.25, 0.3) is 0 Å². The number of rotatable bonds is 5. The third-order valence-corrected chi connectivity index (χ3v) is 4.11. The van der Waals surface area contributed by atoms with Gasteiger partial charge in [-0.3, -0.25) is 4.90 Å². The molecule has 4 nitrogen and oxygen atoms in total. The van der Waals surface area contributed by atoms with E-state index in [-0.39, 0.29) is 0 Å². The molecule has 1 aliphatic heterocycles. The van der Waals surface area contributed by atoms with Gasteiger partial charge in [-0.1, -0.05) is 19.1 Å². The fourth-order valence-electron chi connectivity index (χ4n) is 2.87. The first-order chi connectivity index (χ1) is 10.8. The molecule has 0 atom stereocenters. The van der Waals surface area contributed by atoms with Gasteiger partial charge in [0, 0.05) is 32.3 Å². The van der Waals surface area contributed by atoms with E-state index in [1.165, 1.54) is 16.8 Å². The number of nitrogens with zero attached hydrogens (tertiary/aromatic N) is 3. The minimum atomic E-state index is 0.907. The zero-order valence-electron chi connectivity index (χ0n) is 13.4. The summed E-state index contributed by atoms with van der Waals surface area (Å²) in [5.41, 5.74) is 3.83. The molecule has 22 heavy (non-hydrogen) atoms. The van der Waals surface area contributed by atoms with Crippen molar-refractivity contribution in [2.75, 3.05) is 13.7 Å². The second kappa shape index (κ2) is 6.88. The molecule has 1 aromatic carbocycles. The summed E-state index contributed by atoms with van der Waals surface area (Å²) < 4.78 is 5.21. The van der Waals surface area contributed by atoms with E-state index in [1.54, 1.807) is 7.11 Å². The van der Waals surface area contributed by atoms with Gasteiger partial charge in [-0.25, -0.2) is 9.97 Å². The van der Waals surface area contributed by atoms with E-state index in [2.05, 4.69) is 28.9 Å². The van der Waals surface area contributed by atoms with Crippen LogP contribution in [0, 0.1) is 0 Å². The number of aryl methyl sites for hydroxylation is 1. The van der Waals surface area contributed by atoms with E-state index in [4.69, 9.17) is 9.72 Å². The maximum absolute atomic E-state index is 5.21. The number of ether oxygens (including phenoxy) is 1. The highest BCUT2D eigenvalue weighted by Crippen LogP contribution is 2.20. The molecule has 0 aliphatic carbocycles. The van der Waals surface area contributed by atoms with Crippen molar-refractivity contribution in [3.63, 3.8) is 0 Å². The van der Waals surface area contributed by atoms with Crippen molar-refractivity contribution in [2.45, 2.75) is 39.3 Å². The molecule has 3 rings (SSSR count). The standard InChI is InChI=1S/C18H23N3O/c1-3-4-18-19-11-15-9-10-21(13-17(15)20-18)12-14-5-7-16(22-2)8-6-14/h5-8,11H,3-4,9-10,12-13H2,1-2H3. The van der Waals surface area contributed by atoms with Gasteiger partial charge in [-0.05, 0) is 36.1 Å². The third kappa shape index (κ3) is 3.45. The van der Waals surface area contributed by atoms with Gasteiger partial charge in [0.2, 0.25) is 0 Å². The quantitative estimate of drug-likeness (QED) is 0.850. The Morgan fingerprint density at radius 2 is 2.05 bits per heavy atom. The lowest BCUT2D eigenvalue weighted by Gasteiger charge is -2.28. The van der Waals surface area contributed by atoms with Crippen LogP contribution >= 0.6 is 0 Å². The first kappa shape index (κ1) is 15.0. The summed E-state index contributed by atoms with van der Waals surface area (Å²) >= 11 is 0. The van der Waals surface area contributed by atoms with Gasteiger partial charge in [0.15, 0.2) is 0 Å². The largest absolute Gasteiger partial charge is 0.497 e. The molecule has 0 amide bonds. The Bertz CT molecular complexity index is 625. The predicted octanol–water partition coefficient (Wildman–Crippen LogP) is 3.00. The monoisotopic (exact) mass is 297 g/mol. The first-order valence-electron chi connectivity index (χ1n) is 7.97. The van der Waals surface area contributed by atoms with Crippen LogP contribution in [0.3, 0.4) is 0 Å². The number of benzene rings is 1. The van der Waals surface area contributed by atoms with Gasteiger partial charge in [-0.2, -0.15) is 0 Å². The normalized spacial score (nSPS) is 14.6. The van der Waals surface area contributed by atoms with Crippen LogP contribution in [0.5, 0.6) is 5.75 Å². The van der Waals surface area contributed by atoms with Gasteiger partial charge in [0.05, 0.1) is 12.8 Å². The van der Waals surface area contributed by atoms with Crippen LogP contribution in [0.15, 0.2) is 30.5 Å². The SMILES string of the molecule is CCCc1ncc2c(n1)CN(Cc1ccc(OC)cc1)CC2. The molecule has 4 heteroatoms. The van der Waals surface area contributed by atoms with E-state index in [0.29, 0.717) is 0 Å². The molecule has 2 aromatic rings. The smallest absolute Gasteiger partial charge is 0.128 e. The summed E-state index contributed by atoms with van der Waals surface area (Å²) in [6.45, 7) is 5.10. The first-order valence-corrected chi connectivity index (χ1v) is 7.97. The van der Waals surface area contributed by atoms with Gasteiger partial charge >= 0.3 is 0 Å². The van der Waals surface area contributed by atoms with E-state index in [9.17, 15) is 0 Å². The van der Waals surface area contributed by atoms with Crippen molar-refractivity contribution in [1.29, 1.82) is 0 Å². The second-order valence-corrected chi connectivity index (χ2v) is 5.82. The van der Waals surface area contributed by atoms with Crippen LogP contribution in [0.1, 0.15) is 36.0 Å². The molecule has 2 heterocycles. The zero-order chi connectivity index (χ0) is 15.4. The minimum absolute atomic E-state index is 0.907. The fourth-order valence-corrected chi connectivity index (χ4v) is 2.87. The Balaban J connectivity index is 1.68. The van der Waals surface area contributed by atoms with Crippen molar-refractivity contribution >= 4 is 0 Å².